The number of fused-ring (bicyclic) bond motifs is 2. The minimum Gasteiger partial charge on any atom is -0.480 e. The number of amides is 3. The van der Waals surface area contributed by atoms with Crippen molar-refractivity contribution < 1.29 is 42.6 Å². The topological polar surface area (TPSA) is 171 Å². The second-order valence-electron chi connectivity index (χ2n) is 12.6. The van der Waals surface area contributed by atoms with E-state index < -0.39 is 36.2 Å². The number of halogens is 3. The van der Waals surface area contributed by atoms with E-state index >= 15 is 0 Å². The molecule has 3 rings (SSSR count). The van der Waals surface area contributed by atoms with E-state index in [-0.39, 0.29) is 22.8 Å². The predicted octanol–water partition coefficient (Wildman–Crippen LogP) is 4.17. The molecule has 3 fully saturated rings. The van der Waals surface area contributed by atoms with E-state index in [1.165, 1.54) is 12.8 Å². The van der Waals surface area contributed by atoms with Gasteiger partial charge in [-0.1, -0.05) is 52.9 Å². The summed E-state index contributed by atoms with van der Waals surface area (Å²) in [6.07, 6.45) is 6.14. The number of hydrogen-bond donors (Lipinski definition) is 6. The van der Waals surface area contributed by atoms with E-state index in [1.807, 2.05) is 0 Å². The van der Waals surface area contributed by atoms with Gasteiger partial charge in [0.05, 0.1) is 0 Å². The van der Waals surface area contributed by atoms with Crippen molar-refractivity contribution in [2.45, 2.75) is 122 Å². The van der Waals surface area contributed by atoms with E-state index in [2.05, 4.69) is 36.7 Å². The van der Waals surface area contributed by atoms with Crippen LogP contribution in [0.25, 0.3) is 0 Å². The van der Waals surface area contributed by atoms with Crippen LogP contribution < -0.4 is 21.7 Å². The van der Waals surface area contributed by atoms with Gasteiger partial charge in [0.15, 0.2) is 0 Å². The minimum absolute atomic E-state index is 0.0579. The summed E-state index contributed by atoms with van der Waals surface area (Å²) < 4.78 is 31.7. The molecule has 5 atom stereocenters. The zero-order chi connectivity index (χ0) is 31.0. The Morgan fingerprint density at radius 2 is 1.54 bits per heavy atom. The van der Waals surface area contributed by atoms with Gasteiger partial charge in [-0.3, -0.25) is 4.79 Å². The average molecular weight is 593 g/mol. The van der Waals surface area contributed by atoms with Crippen molar-refractivity contribution in [2.24, 2.45) is 28.4 Å². The number of carboxylic acids is 2. The van der Waals surface area contributed by atoms with Gasteiger partial charge in [-0.25, -0.2) is 14.4 Å². The maximum atomic E-state index is 13.5. The Morgan fingerprint density at radius 3 is 2.00 bits per heavy atom. The lowest BCUT2D eigenvalue weighted by Gasteiger charge is -2.40. The zero-order valence-electron chi connectivity index (χ0n) is 24.3. The zero-order valence-corrected chi connectivity index (χ0v) is 24.3. The molecule has 10 nitrogen and oxygen atoms in total. The summed E-state index contributed by atoms with van der Waals surface area (Å²) in [5.41, 5.74) is 5.75. The number of nitrogens with one attached hydrogen (secondary N) is 3. The largest absolute Gasteiger partial charge is 0.490 e. The molecule has 0 aromatic heterocycles. The Hall–Kier alpha value is -2.57. The van der Waals surface area contributed by atoms with Crippen LogP contribution in [0.4, 0.5) is 18.0 Å². The SMILES string of the molecule is CC1(C)C2CCC1(C)[C@@H](NC(=O)[C@@H](CC1CCCCC1)NC(=O)N[C@@H](CCCCN)C(=O)O)C2.O=C(O)C(F)(F)F. The molecule has 0 aromatic carbocycles. The number of alkyl halides is 3. The van der Waals surface area contributed by atoms with Crippen molar-refractivity contribution in [3.63, 3.8) is 0 Å². The van der Waals surface area contributed by atoms with Crippen molar-refractivity contribution in [1.29, 1.82) is 0 Å². The third-order valence-electron chi connectivity index (χ3n) is 9.82. The number of nitrogens with two attached hydrogens (primary N) is 1. The lowest BCUT2D eigenvalue weighted by atomic mass is 9.69. The number of aliphatic carboxylic acids is 2. The summed E-state index contributed by atoms with van der Waals surface area (Å²) in [7, 11) is 0. The molecule has 13 heteroatoms. The van der Waals surface area contributed by atoms with Crippen molar-refractivity contribution in [2.75, 3.05) is 6.54 Å². The molecule has 3 aliphatic carbocycles. The van der Waals surface area contributed by atoms with Gasteiger partial charge in [-0.05, 0) is 74.2 Å². The second-order valence-corrected chi connectivity index (χ2v) is 12.6. The molecule has 0 saturated heterocycles. The van der Waals surface area contributed by atoms with Crippen molar-refractivity contribution >= 4 is 23.9 Å². The Balaban J connectivity index is 0.000000745. The molecule has 2 unspecified atom stereocenters. The van der Waals surface area contributed by atoms with Crippen LogP contribution in [-0.4, -0.2) is 64.9 Å². The summed E-state index contributed by atoms with van der Waals surface area (Å²) in [5.74, 6) is -2.95. The lowest BCUT2D eigenvalue weighted by molar-refractivity contribution is -0.192. The molecule has 3 amide bonds. The van der Waals surface area contributed by atoms with Crippen LogP contribution in [0.15, 0.2) is 0 Å². The van der Waals surface area contributed by atoms with Crippen LogP contribution in [0.5, 0.6) is 0 Å². The van der Waals surface area contributed by atoms with Crippen molar-refractivity contribution in [3.05, 3.63) is 0 Å². The summed E-state index contributed by atoms with van der Waals surface area (Å²) in [6.45, 7) is 7.41. The first-order chi connectivity index (χ1) is 19.0. The summed E-state index contributed by atoms with van der Waals surface area (Å²) in [4.78, 5) is 46.8. The van der Waals surface area contributed by atoms with Gasteiger partial charge < -0.3 is 31.9 Å². The van der Waals surface area contributed by atoms with Gasteiger partial charge in [-0.2, -0.15) is 13.2 Å². The Bertz CT molecular complexity index is 925. The Morgan fingerprint density at radius 1 is 0.951 bits per heavy atom. The second kappa shape index (κ2) is 14.6. The van der Waals surface area contributed by atoms with Gasteiger partial charge in [0.2, 0.25) is 5.91 Å². The first-order valence-electron chi connectivity index (χ1n) is 14.6. The van der Waals surface area contributed by atoms with Crippen LogP contribution in [0, 0.1) is 22.7 Å². The van der Waals surface area contributed by atoms with E-state index in [0.717, 1.165) is 38.5 Å². The molecule has 3 saturated carbocycles. The number of hydrogen-bond acceptors (Lipinski definition) is 5. The summed E-state index contributed by atoms with van der Waals surface area (Å²) in [5, 5.41) is 25.3. The van der Waals surface area contributed by atoms with E-state index in [0.29, 0.717) is 44.1 Å². The molecule has 0 radical (unpaired) electrons. The lowest BCUT2D eigenvalue weighted by Crippen LogP contribution is -2.57. The van der Waals surface area contributed by atoms with Gasteiger partial charge in [-0.15, -0.1) is 0 Å². The maximum absolute atomic E-state index is 13.5. The standard InChI is InChI=1S/C26H46N4O4.C2HF3O2/c1-25(2)18-12-13-26(25,3)21(16-18)30-22(31)20(15-17-9-5-4-6-10-17)29-24(34)28-19(23(32)33)11-7-8-14-27;3-2(4,5)1(6)7/h17-21H,4-16,27H2,1-3H3,(H,30,31)(H,32,33)(H2,28,29,34);(H,6,7)/t18?,19-,20+,21-,26?;/m0./s1. The average Bonchev–Trinajstić information content (AvgIpc) is 3.22. The first kappa shape index (κ1) is 34.6. The van der Waals surface area contributed by atoms with Crippen LogP contribution in [-0.2, 0) is 14.4 Å². The molecule has 0 aromatic rings. The molecule has 0 heterocycles. The quantitative estimate of drug-likeness (QED) is 0.196. The number of carbonyl (C=O) groups excluding carboxylic acids is 2. The number of rotatable bonds is 11. The van der Waals surface area contributed by atoms with Crippen molar-refractivity contribution in [1.82, 2.24) is 16.0 Å². The monoisotopic (exact) mass is 592 g/mol. The number of carboxylic acid groups (broad SMARTS) is 2. The van der Waals surface area contributed by atoms with E-state index in [9.17, 15) is 32.7 Å². The van der Waals surface area contributed by atoms with Crippen LogP contribution in [0.3, 0.4) is 0 Å². The Kier molecular flexibility index (Phi) is 12.3. The van der Waals surface area contributed by atoms with Crippen LogP contribution in [0.1, 0.15) is 97.8 Å². The smallest absolute Gasteiger partial charge is 0.480 e. The predicted molar refractivity (Wildman–Crippen MR) is 146 cm³/mol. The van der Waals surface area contributed by atoms with Crippen LogP contribution >= 0.6 is 0 Å². The highest BCUT2D eigenvalue weighted by atomic mass is 19.4. The van der Waals surface area contributed by atoms with Gasteiger partial charge >= 0.3 is 24.1 Å². The number of urea groups is 1. The highest BCUT2D eigenvalue weighted by molar-refractivity contribution is 5.89. The first-order valence-corrected chi connectivity index (χ1v) is 14.6. The Labute approximate surface area is 239 Å². The minimum atomic E-state index is -5.08. The van der Waals surface area contributed by atoms with Crippen LogP contribution in [0.2, 0.25) is 0 Å². The molecule has 7 N–H and O–H groups in total. The van der Waals surface area contributed by atoms with E-state index in [4.69, 9.17) is 15.6 Å². The molecular formula is C28H47F3N4O6. The fourth-order valence-corrected chi connectivity index (χ4v) is 6.79. The molecule has 3 aliphatic rings. The van der Waals surface area contributed by atoms with Gasteiger partial charge in [0.1, 0.15) is 12.1 Å². The fourth-order valence-electron chi connectivity index (χ4n) is 6.79. The number of carbonyl (C=O) groups is 4. The third kappa shape index (κ3) is 9.21. The fraction of sp³-hybridized carbons (Fsp3) is 0.857. The molecule has 0 spiro atoms. The third-order valence-corrected chi connectivity index (χ3v) is 9.82. The summed E-state index contributed by atoms with van der Waals surface area (Å²) >= 11 is 0. The molecule has 2 bridgehead atoms. The normalized spacial score (nSPS) is 26.7. The summed E-state index contributed by atoms with van der Waals surface area (Å²) in [6, 6.07) is -2.13. The number of unbranched alkanes of at least 4 members (excludes halogenated alkanes) is 1. The molecule has 236 valence electrons. The van der Waals surface area contributed by atoms with Gasteiger partial charge in [0.25, 0.3) is 0 Å². The van der Waals surface area contributed by atoms with Crippen molar-refractivity contribution in [3.8, 4) is 0 Å². The maximum Gasteiger partial charge on any atom is 0.490 e. The highest BCUT2D eigenvalue weighted by Gasteiger charge is 2.61. The van der Waals surface area contributed by atoms with E-state index in [1.54, 1.807) is 0 Å². The molecular weight excluding hydrogens is 545 g/mol. The highest BCUT2D eigenvalue weighted by Crippen LogP contribution is 2.65. The molecule has 41 heavy (non-hydrogen) atoms. The molecule has 0 aliphatic heterocycles. The van der Waals surface area contributed by atoms with Gasteiger partial charge in [0, 0.05) is 6.04 Å².